The fourth-order valence-electron chi connectivity index (χ4n) is 3.58. The number of rotatable bonds is 5. The Morgan fingerprint density at radius 3 is 2.50 bits per heavy atom. The first-order valence-corrected chi connectivity index (χ1v) is 11.0. The van der Waals surface area contributed by atoms with Crippen LogP contribution in [0.25, 0.3) is 0 Å². The van der Waals surface area contributed by atoms with Crippen LogP contribution in [0.4, 0.5) is 10.5 Å². The molecule has 32 heavy (non-hydrogen) atoms. The van der Waals surface area contributed by atoms with E-state index in [9.17, 15) is 9.59 Å². The maximum atomic E-state index is 12.8. The molecule has 1 aliphatic heterocycles. The molecule has 0 saturated carbocycles. The summed E-state index contributed by atoms with van der Waals surface area (Å²) in [4.78, 5) is 30.7. The minimum Gasteiger partial charge on any atom is -0.444 e. The molecule has 2 aromatic rings. The molecule has 1 aromatic heterocycles. The predicted octanol–water partition coefficient (Wildman–Crippen LogP) is 5.29. The van der Waals surface area contributed by atoms with E-state index in [1.165, 1.54) is 6.20 Å². The summed E-state index contributed by atoms with van der Waals surface area (Å²) in [5.41, 5.74) is 0.948. The Labute approximate surface area is 194 Å². The third-order valence-electron chi connectivity index (χ3n) is 5.13. The third kappa shape index (κ3) is 6.20. The molecule has 1 aliphatic rings. The molecular weight excluding hydrogens is 430 g/mol. The topological polar surface area (TPSA) is 80.8 Å². The Morgan fingerprint density at radius 2 is 1.91 bits per heavy atom. The molecule has 1 saturated heterocycles. The Hall–Kier alpha value is -2.64. The number of halogens is 1. The normalized spacial score (nSPS) is 17.8. The summed E-state index contributed by atoms with van der Waals surface area (Å²) in [5, 5.41) is 3.19. The lowest BCUT2D eigenvalue weighted by Crippen LogP contribution is -2.49. The van der Waals surface area contributed by atoms with Crippen molar-refractivity contribution < 1.29 is 19.1 Å². The van der Waals surface area contributed by atoms with E-state index in [1.807, 2.05) is 58.9 Å². The van der Waals surface area contributed by atoms with Crippen LogP contribution in [0.5, 0.6) is 0 Å². The highest BCUT2D eigenvalue weighted by Gasteiger charge is 2.45. The molecule has 1 atom stereocenters. The van der Waals surface area contributed by atoms with Crippen molar-refractivity contribution >= 4 is 29.3 Å². The average Bonchev–Trinajstić information content (AvgIpc) is 3.01. The summed E-state index contributed by atoms with van der Waals surface area (Å²) in [6, 6.07) is 10.8. The summed E-state index contributed by atoms with van der Waals surface area (Å²) < 4.78 is 11.5. The molecule has 0 spiro atoms. The highest BCUT2D eigenvalue weighted by atomic mass is 35.5. The van der Waals surface area contributed by atoms with Crippen LogP contribution in [-0.2, 0) is 15.9 Å². The standard InChI is InChI=1S/C24H30ClN3O4/c1-23(2,3)32-22(30)28-19(15-31-24(28,4)5)12-8-16-6-10-18(11-7-16)27-21(29)17-9-13-20(25)26-14-17/h6-7,9-11,13-14,19H,8,12,15H2,1-5H3,(H,27,29). The monoisotopic (exact) mass is 459 g/mol. The number of anilines is 1. The first kappa shape index (κ1) is 24.0. The van der Waals surface area contributed by atoms with Gasteiger partial charge in [-0.3, -0.25) is 9.69 Å². The van der Waals surface area contributed by atoms with Gasteiger partial charge in [0, 0.05) is 11.9 Å². The van der Waals surface area contributed by atoms with Gasteiger partial charge >= 0.3 is 6.09 Å². The van der Waals surface area contributed by atoms with E-state index >= 15 is 0 Å². The van der Waals surface area contributed by atoms with E-state index < -0.39 is 11.3 Å². The minimum atomic E-state index is -0.711. The molecule has 8 heteroatoms. The van der Waals surface area contributed by atoms with Crippen molar-refractivity contribution in [3.05, 3.63) is 58.9 Å². The molecule has 1 N–H and O–H groups in total. The maximum Gasteiger partial charge on any atom is 0.412 e. The number of aryl methyl sites for hydroxylation is 1. The second kappa shape index (κ2) is 9.46. The van der Waals surface area contributed by atoms with Gasteiger partial charge in [-0.05, 0) is 77.3 Å². The number of nitrogens with one attached hydrogen (secondary N) is 1. The summed E-state index contributed by atoms with van der Waals surface area (Å²) in [6.45, 7) is 9.79. The van der Waals surface area contributed by atoms with Crippen molar-refractivity contribution in [2.45, 2.75) is 64.8 Å². The van der Waals surface area contributed by atoms with Gasteiger partial charge in [-0.1, -0.05) is 23.7 Å². The lowest BCUT2D eigenvalue weighted by Gasteiger charge is -2.35. The van der Waals surface area contributed by atoms with Crippen LogP contribution in [0.3, 0.4) is 0 Å². The van der Waals surface area contributed by atoms with Crippen molar-refractivity contribution in [1.82, 2.24) is 9.88 Å². The maximum absolute atomic E-state index is 12.8. The van der Waals surface area contributed by atoms with Crippen molar-refractivity contribution in [3.63, 3.8) is 0 Å². The van der Waals surface area contributed by atoms with Crippen LogP contribution in [0.1, 0.15) is 57.0 Å². The van der Waals surface area contributed by atoms with Crippen LogP contribution >= 0.6 is 11.6 Å². The number of nitrogens with zero attached hydrogens (tertiary/aromatic N) is 2. The van der Waals surface area contributed by atoms with Crippen LogP contribution in [-0.4, -0.2) is 45.9 Å². The Morgan fingerprint density at radius 1 is 1.22 bits per heavy atom. The smallest absolute Gasteiger partial charge is 0.412 e. The van der Waals surface area contributed by atoms with E-state index in [0.717, 1.165) is 18.4 Å². The van der Waals surface area contributed by atoms with Gasteiger partial charge in [0.1, 0.15) is 16.5 Å². The highest BCUT2D eigenvalue weighted by Crippen LogP contribution is 2.31. The fraction of sp³-hybridized carbons (Fsp3) is 0.458. The molecule has 3 rings (SSSR count). The fourth-order valence-corrected chi connectivity index (χ4v) is 3.69. The molecule has 7 nitrogen and oxygen atoms in total. The SMILES string of the molecule is CC(C)(C)OC(=O)N1C(CCc2ccc(NC(=O)c3ccc(Cl)nc3)cc2)COC1(C)C. The summed E-state index contributed by atoms with van der Waals surface area (Å²) in [7, 11) is 0. The molecule has 172 valence electrons. The zero-order valence-electron chi connectivity index (χ0n) is 19.1. The van der Waals surface area contributed by atoms with Gasteiger partial charge < -0.3 is 14.8 Å². The molecule has 2 amide bonds. The van der Waals surface area contributed by atoms with Crippen LogP contribution in [0.2, 0.25) is 5.15 Å². The molecule has 1 unspecified atom stereocenters. The van der Waals surface area contributed by atoms with Gasteiger partial charge in [-0.25, -0.2) is 9.78 Å². The van der Waals surface area contributed by atoms with Gasteiger partial charge in [0.2, 0.25) is 0 Å². The summed E-state index contributed by atoms with van der Waals surface area (Å²) in [5.74, 6) is -0.250. The third-order valence-corrected chi connectivity index (χ3v) is 5.36. The molecule has 1 aromatic carbocycles. The zero-order chi connectivity index (χ0) is 23.5. The van der Waals surface area contributed by atoms with Crippen LogP contribution < -0.4 is 5.32 Å². The largest absolute Gasteiger partial charge is 0.444 e. The molecule has 0 radical (unpaired) electrons. The van der Waals surface area contributed by atoms with E-state index in [0.29, 0.717) is 23.0 Å². The second-order valence-corrected chi connectivity index (χ2v) is 9.71. The lowest BCUT2D eigenvalue weighted by molar-refractivity contribution is -0.0626. The average molecular weight is 460 g/mol. The van der Waals surface area contributed by atoms with Crippen LogP contribution in [0.15, 0.2) is 42.6 Å². The van der Waals surface area contributed by atoms with Gasteiger partial charge in [-0.15, -0.1) is 0 Å². The van der Waals surface area contributed by atoms with Gasteiger partial charge in [0.15, 0.2) is 0 Å². The first-order valence-electron chi connectivity index (χ1n) is 10.6. The van der Waals surface area contributed by atoms with E-state index in [2.05, 4.69) is 10.3 Å². The number of hydrogen-bond donors (Lipinski definition) is 1. The predicted molar refractivity (Wildman–Crippen MR) is 124 cm³/mol. The number of carbonyl (C=O) groups is 2. The van der Waals surface area contributed by atoms with Gasteiger partial charge in [-0.2, -0.15) is 0 Å². The van der Waals surface area contributed by atoms with Crippen LogP contribution in [0, 0.1) is 0 Å². The Kier molecular flexibility index (Phi) is 7.10. The van der Waals surface area contributed by atoms with Crippen molar-refractivity contribution in [2.75, 3.05) is 11.9 Å². The molecule has 1 fully saturated rings. The number of hydrogen-bond acceptors (Lipinski definition) is 5. The molecule has 0 bridgehead atoms. The highest BCUT2D eigenvalue weighted by molar-refractivity contribution is 6.29. The minimum absolute atomic E-state index is 0.0726. The first-order chi connectivity index (χ1) is 14.9. The number of carbonyl (C=O) groups excluding carboxylic acids is 2. The zero-order valence-corrected chi connectivity index (χ0v) is 19.9. The summed E-state index contributed by atoms with van der Waals surface area (Å²) >= 11 is 5.76. The number of benzene rings is 1. The van der Waals surface area contributed by atoms with Gasteiger partial charge in [0.05, 0.1) is 18.2 Å². The van der Waals surface area contributed by atoms with E-state index in [1.54, 1.807) is 17.0 Å². The van der Waals surface area contributed by atoms with E-state index in [4.69, 9.17) is 21.1 Å². The Bertz CT molecular complexity index is 953. The second-order valence-electron chi connectivity index (χ2n) is 9.32. The van der Waals surface area contributed by atoms with Crippen molar-refractivity contribution in [3.8, 4) is 0 Å². The lowest BCUT2D eigenvalue weighted by atomic mass is 10.0. The van der Waals surface area contributed by atoms with Gasteiger partial charge in [0.25, 0.3) is 5.91 Å². The molecule has 0 aliphatic carbocycles. The Balaban J connectivity index is 1.58. The number of aromatic nitrogens is 1. The summed E-state index contributed by atoms with van der Waals surface area (Å²) in [6.07, 6.45) is 2.58. The number of ether oxygens (including phenoxy) is 2. The number of pyridine rings is 1. The molecule has 2 heterocycles. The van der Waals surface area contributed by atoms with Crippen molar-refractivity contribution in [2.24, 2.45) is 0 Å². The quantitative estimate of drug-likeness (QED) is 0.614. The van der Waals surface area contributed by atoms with E-state index in [-0.39, 0.29) is 18.0 Å². The number of amides is 2. The molecular formula is C24H30ClN3O4. The van der Waals surface area contributed by atoms with Crippen molar-refractivity contribution in [1.29, 1.82) is 0 Å².